The highest BCUT2D eigenvalue weighted by atomic mass is 32.2. The molecule has 2 aromatic rings. The molecule has 0 atom stereocenters. The van der Waals surface area contributed by atoms with Crippen LogP contribution in [0, 0.1) is 0 Å². The predicted molar refractivity (Wildman–Crippen MR) is 88.7 cm³/mol. The molecular formula is C16H19N3O3S. The Hall–Kier alpha value is -2.25. The molecule has 1 amide bonds. The molecule has 0 unspecified atom stereocenters. The highest BCUT2D eigenvalue weighted by Gasteiger charge is 2.22. The lowest BCUT2D eigenvalue weighted by atomic mass is 10.1. The van der Waals surface area contributed by atoms with E-state index in [-0.39, 0.29) is 10.8 Å². The fourth-order valence-corrected chi connectivity index (χ4v) is 3.29. The zero-order chi connectivity index (χ0) is 17.1. The molecule has 0 spiro atoms. The highest BCUT2D eigenvalue weighted by molar-refractivity contribution is 7.89. The molecule has 1 aromatic carbocycles. The van der Waals surface area contributed by atoms with Gasteiger partial charge in [-0.25, -0.2) is 18.1 Å². The summed E-state index contributed by atoms with van der Waals surface area (Å²) >= 11 is 0. The Labute approximate surface area is 136 Å². The number of benzene rings is 1. The van der Waals surface area contributed by atoms with E-state index in [4.69, 9.17) is 0 Å². The Morgan fingerprint density at radius 2 is 1.70 bits per heavy atom. The van der Waals surface area contributed by atoms with Gasteiger partial charge in [0.15, 0.2) is 0 Å². The van der Waals surface area contributed by atoms with E-state index in [0.717, 1.165) is 0 Å². The van der Waals surface area contributed by atoms with E-state index >= 15 is 0 Å². The first-order chi connectivity index (χ1) is 10.7. The van der Waals surface area contributed by atoms with Gasteiger partial charge in [-0.1, -0.05) is 6.07 Å². The number of anilines is 1. The molecule has 23 heavy (non-hydrogen) atoms. The van der Waals surface area contributed by atoms with E-state index in [2.05, 4.69) is 15.0 Å². The number of nitrogens with one attached hydrogen (secondary N) is 2. The number of hydrogen-bond acceptors (Lipinski definition) is 4. The summed E-state index contributed by atoms with van der Waals surface area (Å²) in [5.74, 6) is 0.0834. The molecule has 122 valence electrons. The molecule has 0 aliphatic rings. The third-order valence-electron chi connectivity index (χ3n) is 2.77. The highest BCUT2D eigenvalue weighted by Crippen LogP contribution is 2.14. The van der Waals surface area contributed by atoms with Crippen molar-refractivity contribution < 1.29 is 13.2 Å². The number of aromatic nitrogens is 1. The first kappa shape index (κ1) is 17.1. The second-order valence-corrected chi connectivity index (χ2v) is 7.73. The lowest BCUT2D eigenvalue weighted by Crippen LogP contribution is -2.40. The molecule has 0 bridgehead atoms. The number of rotatable bonds is 4. The number of carbonyl (C=O) groups is 1. The van der Waals surface area contributed by atoms with Gasteiger partial charge in [-0.2, -0.15) is 0 Å². The molecule has 0 radical (unpaired) electrons. The van der Waals surface area contributed by atoms with Gasteiger partial charge in [0.1, 0.15) is 5.82 Å². The predicted octanol–water partition coefficient (Wildman–Crippen LogP) is 2.41. The molecule has 0 aliphatic carbocycles. The van der Waals surface area contributed by atoms with E-state index in [1.807, 2.05) is 0 Å². The van der Waals surface area contributed by atoms with Gasteiger partial charge in [-0.3, -0.25) is 4.79 Å². The standard InChI is InChI=1S/C16H19N3O3S/c1-16(2,3)19-23(21,22)13-9-7-12(8-10-13)15(20)18-14-6-4-5-11-17-14/h4-11,19H,1-3H3,(H,17,18,20). The topological polar surface area (TPSA) is 88.2 Å². The molecule has 0 fully saturated rings. The van der Waals surface area contributed by atoms with Crippen LogP contribution in [-0.4, -0.2) is 24.8 Å². The largest absolute Gasteiger partial charge is 0.307 e. The second kappa shape index (κ2) is 6.47. The van der Waals surface area contributed by atoms with Crippen molar-refractivity contribution in [3.05, 3.63) is 54.2 Å². The van der Waals surface area contributed by atoms with Crippen LogP contribution >= 0.6 is 0 Å². The fraction of sp³-hybridized carbons (Fsp3) is 0.250. The smallest absolute Gasteiger partial charge is 0.256 e. The Balaban J connectivity index is 2.15. The first-order valence-electron chi connectivity index (χ1n) is 7.04. The number of nitrogens with zero attached hydrogens (tertiary/aromatic N) is 1. The van der Waals surface area contributed by atoms with Crippen molar-refractivity contribution in [2.75, 3.05) is 5.32 Å². The van der Waals surface area contributed by atoms with Gasteiger partial charge < -0.3 is 5.32 Å². The van der Waals surface area contributed by atoms with Crippen LogP contribution in [-0.2, 0) is 10.0 Å². The molecule has 6 nitrogen and oxygen atoms in total. The number of amides is 1. The van der Waals surface area contributed by atoms with E-state index in [9.17, 15) is 13.2 Å². The number of carbonyl (C=O) groups excluding carboxylic acids is 1. The van der Waals surface area contributed by atoms with E-state index in [1.54, 1.807) is 45.2 Å². The van der Waals surface area contributed by atoms with Crippen molar-refractivity contribution in [1.29, 1.82) is 0 Å². The van der Waals surface area contributed by atoms with Gasteiger partial charge in [0.2, 0.25) is 10.0 Å². The number of pyridine rings is 1. The zero-order valence-corrected chi connectivity index (χ0v) is 14.0. The zero-order valence-electron chi connectivity index (χ0n) is 13.2. The van der Waals surface area contributed by atoms with Crippen molar-refractivity contribution in [3.63, 3.8) is 0 Å². The first-order valence-corrected chi connectivity index (χ1v) is 8.52. The minimum absolute atomic E-state index is 0.113. The monoisotopic (exact) mass is 333 g/mol. The summed E-state index contributed by atoms with van der Waals surface area (Å²) in [4.78, 5) is 16.2. The third-order valence-corrected chi connectivity index (χ3v) is 4.55. The minimum atomic E-state index is -3.61. The lowest BCUT2D eigenvalue weighted by Gasteiger charge is -2.20. The van der Waals surface area contributed by atoms with Crippen molar-refractivity contribution in [2.24, 2.45) is 0 Å². The maximum absolute atomic E-state index is 12.2. The van der Waals surface area contributed by atoms with Crippen LogP contribution in [0.2, 0.25) is 0 Å². The Morgan fingerprint density at radius 3 is 2.22 bits per heavy atom. The Bertz CT molecular complexity index is 780. The van der Waals surface area contributed by atoms with Crippen LogP contribution < -0.4 is 10.0 Å². The second-order valence-electron chi connectivity index (χ2n) is 6.05. The van der Waals surface area contributed by atoms with E-state index in [0.29, 0.717) is 11.4 Å². The summed E-state index contributed by atoms with van der Waals surface area (Å²) in [6.45, 7) is 5.29. The molecule has 0 saturated heterocycles. The molecule has 7 heteroatoms. The molecule has 2 N–H and O–H groups in total. The van der Waals surface area contributed by atoms with Crippen LogP contribution in [0.3, 0.4) is 0 Å². The van der Waals surface area contributed by atoms with Crippen LogP contribution in [0.25, 0.3) is 0 Å². The Kier molecular flexibility index (Phi) is 4.82. The third kappa shape index (κ3) is 4.87. The quantitative estimate of drug-likeness (QED) is 0.899. The molecular weight excluding hydrogens is 314 g/mol. The molecule has 0 saturated carbocycles. The van der Waals surface area contributed by atoms with Crippen molar-refractivity contribution in [3.8, 4) is 0 Å². The van der Waals surface area contributed by atoms with Gasteiger partial charge in [0.05, 0.1) is 4.90 Å². The van der Waals surface area contributed by atoms with Gasteiger partial charge in [0, 0.05) is 17.3 Å². The summed E-state index contributed by atoms with van der Waals surface area (Å²) in [6.07, 6.45) is 1.57. The van der Waals surface area contributed by atoms with Crippen molar-refractivity contribution in [1.82, 2.24) is 9.71 Å². The maximum Gasteiger partial charge on any atom is 0.256 e. The summed E-state index contributed by atoms with van der Waals surface area (Å²) < 4.78 is 27.0. The minimum Gasteiger partial charge on any atom is -0.307 e. The van der Waals surface area contributed by atoms with E-state index in [1.165, 1.54) is 24.3 Å². The molecule has 2 rings (SSSR count). The molecule has 0 aliphatic heterocycles. The summed E-state index contributed by atoms with van der Waals surface area (Å²) in [5.41, 5.74) is -0.223. The molecule has 1 aromatic heterocycles. The van der Waals surface area contributed by atoms with Gasteiger partial charge in [0.25, 0.3) is 5.91 Å². The maximum atomic E-state index is 12.2. The van der Waals surface area contributed by atoms with Gasteiger partial charge in [-0.05, 0) is 57.2 Å². The number of hydrogen-bond donors (Lipinski definition) is 2. The molecule has 1 heterocycles. The van der Waals surface area contributed by atoms with Gasteiger partial charge >= 0.3 is 0 Å². The SMILES string of the molecule is CC(C)(C)NS(=O)(=O)c1ccc(C(=O)Nc2ccccn2)cc1. The lowest BCUT2D eigenvalue weighted by molar-refractivity contribution is 0.102. The Morgan fingerprint density at radius 1 is 1.04 bits per heavy atom. The van der Waals surface area contributed by atoms with Gasteiger partial charge in [-0.15, -0.1) is 0 Å². The average molecular weight is 333 g/mol. The van der Waals surface area contributed by atoms with Crippen molar-refractivity contribution >= 4 is 21.7 Å². The van der Waals surface area contributed by atoms with Crippen molar-refractivity contribution in [2.45, 2.75) is 31.2 Å². The normalized spacial score (nSPS) is 12.0. The fourth-order valence-electron chi connectivity index (χ4n) is 1.87. The van der Waals surface area contributed by atoms with Crippen LogP contribution in [0.1, 0.15) is 31.1 Å². The summed E-state index contributed by atoms with van der Waals surface area (Å²) in [6, 6.07) is 10.9. The van der Waals surface area contributed by atoms with E-state index < -0.39 is 15.6 Å². The number of sulfonamides is 1. The van der Waals surface area contributed by atoms with Crippen LogP contribution in [0.15, 0.2) is 53.6 Å². The van der Waals surface area contributed by atoms with Crippen LogP contribution in [0.5, 0.6) is 0 Å². The van der Waals surface area contributed by atoms with Crippen LogP contribution in [0.4, 0.5) is 5.82 Å². The summed E-state index contributed by atoms with van der Waals surface area (Å²) in [7, 11) is -3.61. The average Bonchev–Trinajstić information content (AvgIpc) is 2.46. The summed E-state index contributed by atoms with van der Waals surface area (Å²) in [5, 5.41) is 2.64.